The minimum Gasteiger partial charge on any atom is -0.455 e. The first-order chi connectivity index (χ1) is 10.6. The van der Waals surface area contributed by atoms with Gasteiger partial charge in [-0.05, 0) is 29.7 Å². The van der Waals surface area contributed by atoms with Crippen molar-refractivity contribution in [3.63, 3.8) is 0 Å². The Morgan fingerprint density at radius 3 is 2.27 bits per heavy atom. The number of cyclic esters (lactones) is 1. The quantitative estimate of drug-likeness (QED) is 0.491. The fraction of sp³-hybridized carbons (Fsp3) is 0.235. The predicted octanol–water partition coefficient (Wildman–Crippen LogP) is 3.54. The van der Waals surface area contributed by atoms with Crippen molar-refractivity contribution in [2.24, 2.45) is 0 Å². The van der Waals surface area contributed by atoms with Gasteiger partial charge in [0.15, 0.2) is 0 Å². The van der Waals surface area contributed by atoms with Gasteiger partial charge in [-0.1, -0.05) is 37.3 Å². The minimum absolute atomic E-state index is 0.0243. The molecule has 5 heteroatoms. The first-order valence-electron chi connectivity index (χ1n) is 7.10. The Morgan fingerprint density at radius 2 is 1.77 bits per heavy atom. The molecule has 112 valence electrons. The lowest BCUT2D eigenvalue weighted by atomic mass is 9.67. The molecule has 0 unspecified atom stereocenters. The summed E-state index contributed by atoms with van der Waals surface area (Å²) in [7, 11) is 0. The molecule has 0 amide bonds. The van der Waals surface area contributed by atoms with Crippen LogP contribution in [0.1, 0.15) is 30.6 Å². The van der Waals surface area contributed by atoms with Crippen LogP contribution in [0.15, 0.2) is 54.6 Å². The van der Waals surface area contributed by atoms with Crippen LogP contribution in [-0.2, 0) is 14.9 Å². The molecule has 0 N–H and O–H groups in total. The zero-order valence-electron chi connectivity index (χ0n) is 12.1. The molecule has 2 aromatic rings. The summed E-state index contributed by atoms with van der Waals surface area (Å²) in [6.45, 7) is 1.95. The van der Waals surface area contributed by atoms with Crippen molar-refractivity contribution in [1.29, 1.82) is 0 Å². The number of carbonyl (C=O) groups excluding carboxylic acids is 1. The second-order valence-electron chi connectivity index (χ2n) is 5.32. The molecule has 22 heavy (non-hydrogen) atoms. The van der Waals surface area contributed by atoms with Crippen LogP contribution in [-0.4, -0.2) is 10.9 Å². The summed E-state index contributed by atoms with van der Waals surface area (Å²) in [5.41, 5.74) is 1.00. The van der Waals surface area contributed by atoms with Crippen molar-refractivity contribution in [2.45, 2.75) is 24.9 Å². The zero-order chi connectivity index (χ0) is 15.7. The molecule has 1 aliphatic heterocycles. The van der Waals surface area contributed by atoms with Crippen LogP contribution >= 0.6 is 0 Å². The standard InChI is InChI=1S/C17H15NO4/c1-2-17(13-6-4-3-5-7-13)15(22-16(17)19)12-8-10-14(11-9-12)18(20)21/h3-11,15H,2H2,1H3/t15-,17-/m0/s1. The molecule has 3 rings (SSSR count). The van der Waals surface area contributed by atoms with Gasteiger partial charge in [0.1, 0.15) is 11.5 Å². The highest BCUT2D eigenvalue weighted by molar-refractivity contribution is 5.90. The third-order valence-corrected chi connectivity index (χ3v) is 4.29. The van der Waals surface area contributed by atoms with E-state index in [1.807, 2.05) is 37.3 Å². The van der Waals surface area contributed by atoms with E-state index in [1.54, 1.807) is 12.1 Å². The van der Waals surface area contributed by atoms with E-state index < -0.39 is 16.4 Å². The van der Waals surface area contributed by atoms with Crippen LogP contribution in [0.5, 0.6) is 0 Å². The van der Waals surface area contributed by atoms with Crippen LogP contribution in [0.3, 0.4) is 0 Å². The molecule has 1 saturated heterocycles. The number of rotatable bonds is 4. The van der Waals surface area contributed by atoms with E-state index in [0.717, 1.165) is 11.1 Å². The van der Waals surface area contributed by atoms with Gasteiger partial charge in [0.25, 0.3) is 5.69 Å². The highest BCUT2D eigenvalue weighted by Crippen LogP contribution is 2.51. The SMILES string of the molecule is CC[C@@]1(c2ccccc2)C(=O)O[C@H]1c1ccc([N+](=O)[O-])cc1. The molecule has 0 spiro atoms. The number of nitro benzene ring substituents is 1. The Hall–Kier alpha value is -2.69. The molecular weight excluding hydrogens is 282 g/mol. The fourth-order valence-electron chi connectivity index (χ4n) is 3.02. The molecule has 2 aromatic carbocycles. The Morgan fingerprint density at radius 1 is 1.14 bits per heavy atom. The van der Waals surface area contributed by atoms with Gasteiger partial charge in [-0.3, -0.25) is 14.9 Å². The van der Waals surface area contributed by atoms with Gasteiger partial charge in [-0.25, -0.2) is 0 Å². The van der Waals surface area contributed by atoms with Crippen molar-refractivity contribution in [1.82, 2.24) is 0 Å². The van der Waals surface area contributed by atoms with Crippen LogP contribution < -0.4 is 0 Å². The molecular formula is C17H15NO4. The van der Waals surface area contributed by atoms with Crippen LogP contribution in [0, 0.1) is 10.1 Å². The summed E-state index contributed by atoms with van der Waals surface area (Å²) >= 11 is 0. The molecule has 0 radical (unpaired) electrons. The number of nitro groups is 1. The molecule has 1 fully saturated rings. The summed E-state index contributed by atoms with van der Waals surface area (Å²) in [6.07, 6.45) is 0.200. The maximum Gasteiger partial charge on any atom is 0.321 e. The van der Waals surface area contributed by atoms with E-state index >= 15 is 0 Å². The van der Waals surface area contributed by atoms with Crippen molar-refractivity contribution in [3.8, 4) is 0 Å². The molecule has 0 bridgehead atoms. The minimum atomic E-state index is -0.711. The first-order valence-corrected chi connectivity index (χ1v) is 7.10. The number of esters is 1. The lowest BCUT2D eigenvalue weighted by molar-refractivity contribution is -0.384. The van der Waals surface area contributed by atoms with Crippen molar-refractivity contribution in [3.05, 3.63) is 75.8 Å². The van der Waals surface area contributed by atoms with Crippen LogP contribution in [0.25, 0.3) is 0 Å². The number of hydrogen-bond acceptors (Lipinski definition) is 4. The average molecular weight is 297 g/mol. The summed E-state index contributed by atoms with van der Waals surface area (Å²) in [5, 5.41) is 10.7. The summed E-state index contributed by atoms with van der Waals surface area (Å²) in [4.78, 5) is 22.5. The maximum absolute atomic E-state index is 12.2. The Labute approximate surface area is 127 Å². The van der Waals surface area contributed by atoms with Crippen LogP contribution in [0.4, 0.5) is 5.69 Å². The lowest BCUT2D eigenvalue weighted by Gasteiger charge is -2.47. The second-order valence-corrected chi connectivity index (χ2v) is 5.32. The smallest absolute Gasteiger partial charge is 0.321 e. The summed E-state index contributed by atoms with van der Waals surface area (Å²) in [6, 6.07) is 15.7. The number of hydrogen-bond donors (Lipinski definition) is 0. The zero-order valence-corrected chi connectivity index (χ0v) is 12.1. The highest BCUT2D eigenvalue weighted by Gasteiger charge is 2.58. The van der Waals surface area contributed by atoms with Gasteiger partial charge < -0.3 is 4.74 Å². The van der Waals surface area contributed by atoms with E-state index in [-0.39, 0.29) is 11.7 Å². The molecule has 0 aliphatic carbocycles. The van der Waals surface area contributed by atoms with E-state index in [9.17, 15) is 14.9 Å². The van der Waals surface area contributed by atoms with E-state index in [0.29, 0.717) is 6.42 Å². The molecule has 1 heterocycles. The largest absolute Gasteiger partial charge is 0.455 e. The van der Waals surface area contributed by atoms with Gasteiger partial charge in [0, 0.05) is 12.1 Å². The number of non-ortho nitro benzene ring substituents is 1. The van der Waals surface area contributed by atoms with E-state index in [2.05, 4.69) is 0 Å². The number of nitrogens with zero attached hydrogens (tertiary/aromatic N) is 1. The Kier molecular flexibility index (Phi) is 3.41. The third kappa shape index (κ3) is 1.97. The van der Waals surface area contributed by atoms with Gasteiger partial charge >= 0.3 is 5.97 Å². The Balaban J connectivity index is 2.00. The maximum atomic E-state index is 12.2. The third-order valence-electron chi connectivity index (χ3n) is 4.29. The highest BCUT2D eigenvalue weighted by atomic mass is 16.6. The molecule has 0 saturated carbocycles. The predicted molar refractivity (Wildman–Crippen MR) is 80.3 cm³/mol. The first kappa shape index (κ1) is 14.3. The van der Waals surface area contributed by atoms with Crippen molar-refractivity contribution < 1.29 is 14.5 Å². The monoisotopic (exact) mass is 297 g/mol. The topological polar surface area (TPSA) is 69.4 Å². The number of benzene rings is 2. The normalized spacial score (nSPS) is 23.5. The van der Waals surface area contributed by atoms with Gasteiger partial charge in [-0.15, -0.1) is 0 Å². The summed E-state index contributed by atoms with van der Waals surface area (Å²) in [5.74, 6) is -0.246. The van der Waals surface area contributed by atoms with Gasteiger partial charge in [-0.2, -0.15) is 0 Å². The molecule has 0 aromatic heterocycles. The Bertz CT molecular complexity index is 711. The fourth-order valence-corrected chi connectivity index (χ4v) is 3.02. The number of ether oxygens (including phenoxy) is 1. The molecule has 2 atom stereocenters. The van der Waals surface area contributed by atoms with Crippen LogP contribution in [0.2, 0.25) is 0 Å². The average Bonchev–Trinajstić information content (AvgIpc) is 2.54. The van der Waals surface area contributed by atoms with Gasteiger partial charge in [0.2, 0.25) is 0 Å². The second kappa shape index (κ2) is 5.26. The van der Waals surface area contributed by atoms with Crippen molar-refractivity contribution >= 4 is 11.7 Å². The number of carbonyl (C=O) groups is 1. The van der Waals surface area contributed by atoms with E-state index in [4.69, 9.17) is 4.74 Å². The molecule has 1 aliphatic rings. The summed E-state index contributed by atoms with van der Waals surface area (Å²) < 4.78 is 5.38. The lowest BCUT2D eigenvalue weighted by Crippen LogP contribution is -2.54. The van der Waals surface area contributed by atoms with Crippen molar-refractivity contribution in [2.75, 3.05) is 0 Å². The van der Waals surface area contributed by atoms with Gasteiger partial charge in [0.05, 0.1) is 4.92 Å². The van der Waals surface area contributed by atoms with E-state index in [1.165, 1.54) is 12.1 Å². The molecule has 5 nitrogen and oxygen atoms in total.